The number of oxime groups is 1. The molecule has 0 radical (unpaired) electrons. The highest BCUT2D eigenvalue weighted by Gasteiger charge is 2.65. The first-order valence-corrected chi connectivity index (χ1v) is 24.6. The van der Waals surface area contributed by atoms with E-state index in [1.807, 2.05) is 44.9 Å². The third-order valence-electron chi connectivity index (χ3n) is 13.3. The van der Waals surface area contributed by atoms with Gasteiger partial charge in [0.05, 0.1) is 38.1 Å². The minimum atomic E-state index is -1.36. The molecule has 1 aliphatic heterocycles. The lowest BCUT2D eigenvalue weighted by Crippen LogP contribution is -2.69. The second kappa shape index (κ2) is 25.5. The molecule has 3 aliphatic rings. The van der Waals surface area contributed by atoms with Crippen LogP contribution in [-0.2, 0) is 14.4 Å². The van der Waals surface area contributed by atoms with E-state index in [0.29, 0.717) is 54.4 Å². The Bertz CT molecular complexity index is 1940. The summed E-state index contributed by atoms with van der Waals surface area (Å²) in [4.78, 5) is 36.1. The molecule has 366 valence electrons. The molecule has 6 atom stereocenters. The number of aliphatic hydroxyl groups excluding tert-OH is 2. The van der Waals surface area contributed by atoms with Crippen molar-refractivity contribution in [1.29, 1.82) is 0 Å². The second-order valence-corrected chi connectivity index (χ2v) is 19.1. The molecule has 1 fully saturated rings. The molecule has 1 heterocycles. The number of rotatable bonds is 27. The van der Waals surface area contributed by atoms with Crippen molar-refractivity contribution < 1.29 is 48.3 Å². The number of hydrogen-bond donors (Lipinski definition) is 3. The van der Waals surface area contributed by atoms with Crippen molar-refractivity contribution in [2.45, 2.75) is 160 Å². The van der Waals surface area contributed by atoms with Gasteiger partial charge >= 0.3 is 6.09 Å². The average Bonchev–Trinajstić information content (AvgIpc) is 3.30. The van der Waals surface area contributed by atoms with Gasteiger partial charge in [-0.15, -0.1) is 6.58 Å². The zero-order chi connectivity index (χ0) is 47.7. The van der Waals surface area contributed by atoms with Crippen molar-refractivity contribution in [3.05, 3.63) is 66.3 Å². The third-order valence-corrected chi connectivity index (χ3v) is 13.3. The minimum absolute atomic E-state index is 0.0116. The van der Waals surface area contributed by atoms with Gasteiger partial charge in [0.15, 0.2) is 0 Å². The first kappa shape index (κ1) is 52.4. The number of anilines is 1. The van der Waals surface area contributed by atoms with Crippen LogP contribution in [-0.4, -0.2) is 91.3 Å². The van der Waals surface area contributed by atoms with Gasteiger partial charge in [0.25, 0.3) is 0 Å². The molecule has 5 rings (SSSR count). The molecule has 13 nitrogen and oxygen atoms in total. The van der Waals surface area contributed by atoms with E-state index in [-0.39, 0.29) is 43.5 Å². The van der Waals surface area contributed by atoms with Crippen LogP contribution in [0.5, 0.6) is 23.0 Å². The van der Waals surface area contributed by atoms with E-state index in [1.54, 1.807) is 37.5 Å². The Hall–Kier alpha value is -4.59. The fourth-order valence-electron chi connectivity index (χ4n) is 10.1. The lowest BCUT2D eigenvalue weighted by molar-refractivity contribution is -0.255. The maximum atomic E-state index is 14.4. The summed E-state index contributed by atoms with van der Waals surface area (Å²) in [5.41, 5.74) is 2.35. The van der Waals surface area contributed by atoms with E-state index >= 15 is 0 Å². The largest absolute Gasteiger partial charge is 0.497 e. The van der Waals surface area contributed by atoms with Gasteiger partial charge in [0.2, 0.25) is 11.7 Å². The van der Waals surface area contributed by atoms with E-state index < -0.39 is 29.4 Å². The summed E-state index contributed by atoms with van der Waals surface area (Å²) >= 11 is 0. The molecule has 2 amide bonds. The number of benzene rings is 2. The van der Waals surface area contributed by atoms with Crippen LogP contribution in [0.25, 0.3) is 0 Å². The number of unbranched alkanes of at least 4 members (excludes halogenated alkanes) is 10. The van der Waals surface area contributed by atoms with Crippen LogP contribution in [0, 0.1) is 17.8 Å². The molecule has 0 spiro atoms. The summed E-state index contributed by atoms with van der Waals surface area (Å²) in [6.07, 6.45) is 18.9. The minimum Gasteiger partial charge on any atom is -0.497 e. The van der Waals surface area contributed by atoms with Crippen LogP contribution in [0.4, 0.5) is 10.5 Å². The van der Waals surface area contributed by atoms with E-state index in [1.165, 1.54) is 45.6 Å². The molecular weight excluding hydrogens is 839 g/mol. The molecule has 0 saturated heterocycles. The highest BCUT2D eigenvalue weighted by Crippen LogP contribution is 2.62. The molecule has 2 aromatic rings. The Balaban J connectivity index is 1.60. The van der Waals surface area contributed by atoms with E-state index in [4.69, 9.17) is 33.7 Å². The Kier molecular flexibility index (Phi) is 20.3. The molecule has 66 heavy (non-hydrogen) atoms. The first-order valence-electron chi connectivity index (χ1n) is 24.6. The van der Waals surface area contributed by atoms with Gasteiger partial charge in [-0.05, 0) is 101 Å². The van der Waals surface area contributed by atoms with Gasteiger partial charge in [-0.25, -0.2) is 4.79 Å². The predicted octanol–water partition coefficient (Wildman–Crippen LogP) is 11.1. The van der Waals surface area contributed by atoms with Crippen LogP contribution >= 0.6 is 0 Å². The van der Waals surface area contributed by atoms with Crippen LogP contribution in [0.2, 0.25) is 0 Å². The fraction of sp³-hybridized carbons (Fsp3) is 0.642. The highest BCUT2D eigenvalue weighted by atomic mass is 16.7. The molecule has 2 aromatic carbocycles. The van der Waals surface area contributed by atoms with Crippen LogP contribution in [0.3, 0.4) is 0 Å². The average molecular weight is 918 g/mol. The number of allylic oxidation sites excluding steroid dienone is 1. The first-order chi connectivity index (χ1) is 31.8. The highest BCUT2D eigenvalue weighted by molar-refractivity contribution is 6.03. The monoisotopic (exact) mass is 918 g/mol. The summed E-state index contributed by atoms with van der Waals surface area (Å²) in [5, 5.41) is 27.6. The Morgan fingerprint density at radius 1 is 0.909 bits per heavy atom. The quantitative estimate of drug-likeness (QED) is 0.0447. The van der Waals surface area contributed by atoms with Gasteiger partial charge in [-0.3, -0.25) is 10.1 Å². The summed E-state index contributed by atoms with van der Waals surface area (Å²) < 4.78 is 31.2. The van der Waals surface area contributed by atoms with Crippen molar-refractivity contribution in [2.24, 2.45) is 22.9 Å². The summed E-state index contributed by atoms with van der Waals surface area (Å²) in [6.45, 7) is 12.5. The molecule has 0 unspecified atom stereocenters. The SMILES string of the molecule is C=CCO[C@@]12Oc3ccc(OC(=O)Nc4ccc(OC)cc4OC)cc3[C@H]3[C@H](CCCCO)[C@@H](CCCCO)C=C(C(=NOC(C)(C)C)C[C@@H]1N(C)C(=O)CCCCCCCCCCC)[C@H]32. The molecular formula is C53H79N3O10. The number of ether oxygens (including phenoxy) is 5. The number of fused-ring (bicyclic) bond motifs is 2. The molecule has 0 aromatic heterocycles. The Morgan fingerprint density at radius 2 is 1.59 bits per heavy atom. The van der Waals surface area contributed by atoms with Crippen molar-refractivity contribution in [1.82, 2.24) is 4.90 Å². The second-order valence-electron chi connectivity index (χ2n) is 19.1. The van der Waals surface area contributed by atoms with Gasteiger partial charge in [-0.1, -0.05) is 88.4 Å². The lowest BCUT2D eigenvalue weighted by atomic mass is 9.55. The number of amides is 2. The van der Waals surface area contributed by atoms with Gasteiger partial charge < -0.3 is 43.6 Å². The van der Waals surface area contributed by atoms with E-state index in [2.05, 4.69) is 24.9 Å². The molecule has 0 bridgehead atoms. The summed E-state index contributed by atoms with van der Waals surface area (Å²) in [7, 11) is 4.93. The topological polar surface area (TPSA) is 158 Å². The van der Waals surface area contributed by atoms with Crippen molar-refractivity contribution in [3.8, 4) is 23.0 Å². The molecule has 13 heteroatoms. The van der Waals surface area contributed by atoms with Gasteiger partial charge in [-0.2, -0.15) is 0 Å². The van der Waals surface area contributed by atoms with E-state index in [0.717, 1.165) is 61.8 Å². The van der Waals surface area contributed by atoms with Gasteiger partial charge in [0, 0.05) is 50.7 Å². The smallest absolute Gasteiger partial charge is 0.417 e. The van der Waals surface area contributed by atoms with Crippen LogP contribution in [0.15, 0.2) is 65.9 Å². The molecule has 1 saturated carbocycles. The third kappa shape index (κ3) is 13.5. The Labute approximate surface area is 394 Å². The molecule has 2 aliphatic carbocycles. The zero-order valence-electron chi connectivity index (χ0n) is 40.9. The number of nitrogens with zero attached hydrogens (tertiary/aromatic N) is 2. The maximum Gasteiger partial charge on any atom is 0.417 e. The van der Waals surface area contributed by atoms with Crippen molar-refractivity contribution in [3.63, 3.8) is 0 Å². The number of carbonyl (C=O) groups is 2. The standard InChI is InChI=1S/C53H79N3O10/c1-9-11-12-13-14-15-16-17-18-25-48(59)56(6)47-36-44(55-66-52(3,4)5)41-33-37(23-19-21-30-57)40(24-20-22-31-58)49-42-34-39(27-29-45(42)65-53(47,50(41)49)63-32-10-2)64-51(60)54-43-28-26-38(61-7)35-46(43)62-8/h10,26-29,33-35,37,40,47,49-50,57-58H,2,9,11-25,30-32,36H2,1,3-8H3,(H,54,60)/t37-,40+,47-,49+,50+,53+/m0/s1. The zero-order valence-corrected chi connectivity index (χ0v) is 40.9. The summed E-state index contributed by atoms with van der Waals surface area (Å²) in [5.74, 6) is -0.158. The normalized spacial score (nSPS) is 22.6. The number of likely N-dealkylation sites (N-methyl/N-ethyl adjacent to an activating group) is 1. The predicted molar refractivity (Wildman–Crippen MR) is 260 cm³/mol. The summed E-state index contributed by atoms with van der Waals surface area (Å²) in [6, 6.07) is 9.92. The molecule has 3 N–H and O–H groups in total. The van der Waals surface area contributed by atoms with Crippen molar-refractivity contribution in [2.75, 3.05) is 46.4 Å². The van der Waals surface area contributed by atoms with Crippen LogP contribution in [0.1, 0.15) is 148 Å². The number of aliphatic hydroxyl groups is 2. The number of hydrogen-bond acceptors (Lipinski definition) is 11. The number of methoxy groups -OCH3 is 2. The van der Waals surface area contributed by atoms with Gasteiger partial charge in [0.1, 0.15) is 34.6 Å². The lowest BCUT2D eigenvalue weighted by Gasteiger charge is -2.59. The maximum absolute atomic E-state index is 14.4. The Morgan fingerprint density at radius 3 is 2.24 bits per heavy atom. The van der Waals surface area contributed by atoms with Crippen molar-refractivity contribution >= 4 is 23.4 Å². The fourth-order valence-corrected chi connectivity index (χ4v) is 10.1. The number of carbonyl (C=O) groups excluding carboxylic acids is 2. The number of nitrogens with one attached hydrogen (secondary N) is 1. The van der Waals surface area contributed by atoms with E-state index in [9.17, 15) is 19.8 Å². The van der Waals surface area contributed by atoms with Crippen LogP contribution < -0.4 is 24.3 Å².